The lowest BCUT2D eigenvalue weighted by Crippen LogP contribution is -2.46. The largest absolute Gasteiger partial charge is 0.393 e. The minimum Gasteiger partial charge on any atom is -0.393 e. The molecule has 0 heterocycles. The van der Waals surface area contributed by atoms with Crippen LogP contribution >= 0.6 is 0 Å². The molecular formula is C12H16O. The number of rotatable bonds is 1. The van der Waals surface area contributed by atoms with E-state index in [9.17, 15) is 5.11 Å². The molecule has 2 atom stereocenters. The lowest BCUT2D eigenvalue weighted by atomic mass is 9.61. The van der Waals surface area contributed by atoms with Crippen molar-refractivity contribution in [3.8, 4) is 0 Å². The summed E-state index contributed by atoms with van der Waals surface area (Å²) in [5, 5.41) is 9.62. The highest BCUT2D eigenvalue weighted by Gasteiger charge is 2.44. The van der Waals surface area contributed by atoms with Crippen molar-refractivity contribution in [2.45, 2.75) is 25.9 Å². The van der Waals surface area contributed by atoms with Gasteiger partial charge >= 0.3 is 0 Å². The lowest BCUT2D eigenvalue weighted by Gasteiger charge is -2.46. The Morgan fingerprint density at radius 2 is 1.54 bits per heavy atom. The van der Waals surface area contributed by atoms with E-state index in [0.29, 0.717) is 17.8 Å². The van der Waals surface area contributed by atoms with Gasteiger partial charge in [0.1, 0.15) is 0 Å². The highest BCUT2D eigenvalue weighted by Crippen LogP contribution is 2.47. The Kier molecular flexibility index (Phi) is 2.12. The van der Waals surface area contributed by atoms with Crippen molar-refractivity contribution in [1.29, 1.82) is 0 Å². The maximum absolute atomic E-state index is 9.62. The van der Waals surface area contributed by atoms with Crippen LogP contribution < -0.4 is 0 Å². The second-order valence-electron chi connectivity index (χ2n) is 4.15. The van der Waals surface area contributed by atoms with E-state index >= 15 is 0 Å². The predicted molar refractivity (Wildman–Crippen MR) is 53.5 cm³/mol. The molecule has 0 aliphatic heterocycles. The van der Waals surface area contributed by atoms with Crippen LogP contribution in [-0.4, -0.2) is 11.2 Å². The van der Waals surface area contributed by atoms with Gasteiger partial charge in [-0.1, -0.05) is 44.2 Å². The molecule has 1 aromatic carbocycles. The first-order chi connectivity index (χ1) is 6.22. The zero-order valence-electron chi connectivity index (χ0n) is 8.14. The van der Waals surface area contributed by atoms with Gasteiger partial charge in [0.15, 0.2) is 0 Å². The standard InChI is InChI=1S/C12H16O/c1-8-11(9(2)12(8)13)10-6-4-3-5-7-10/h3-9,11-13H,1-2H3. The summed E-state index contributed by atoms with van der Waals surface area (Å²) in [5.41, 5.74) is 1.37. The first kappa shape index (κ1) is 8.76. The summed E-state index contributed by atoms with van der Waals surface area (Å²) in [7, 11) is 0. The Labute approximate surface area is 79.4 Å². The van der Waals surface area contributed by atoms with Crippen molar-refractivity contribution in [1.82, 2.24) is 0 Å². The second kappa shape index (κ2) is 3.15. The minimum atomic E-state index is -0.106. The molecule has 70 valence electrons. The Hall–Kier alpha value is -0.820. The third-order valence-electron chi connectivity index (χ3n) is 3.39. The van der Waals surface area contributed by atoms with E-state index in [0.717, 1.165) is 0 Å². The highest BCUT2D eigenvalue weighted by atomic mass is 16.3. The number of hydrogen-bond donors (Lipinski definition) is 1. The molecule has 1 aliphatic carbocycles. The van der Waals surface area contributed by atoms with Gasteiger partial charge in [0.2, 0.25) is 0 Å². The number of hydrogen-bond acceptors (Lipinski definition) is 1. The molecule has 13 heavy (non-hydrogen) atoms. The molecule has 0 radical (unpaired) electrons. The van der Waals surface area contributed by atoms with Crippen molar-refractivity contribution in [2.75, 3.05) is 0 Å². The normalized spacial score (nSPS) is 38.4. The molecule has 1 aromatic rings. The van der Waals surface area contributed by atoms with Gasteiger partial charge in [0.05, 0.1) is 6.10 Å². The smallest absolute Gasteiger partial charge is 0.0603 e. The minimum absolute atomic E-state index is 0.106. The number of benzene rings is 1. The van der Waals surface area contributed by atoms with Gasteiger partial charge in [0.25, 0.3) is 0 Å². The topological polar surface area (TPSA) is 20.2 Å². The maximum atomic E-state index is 9.62. The fourth-order valence-corrected chi connectivity index (χ4v) is 2.52. The van der Waals surface area contributed by atoms with Gasteiger partial charge in [-0.05, 0) is 23.3 Å². The Morgan fingerprint density at radius 3 is 2.08 bits per heavy atom. The van der Waals surface area contributed by atoms with E-state index in [-0.39, 0.29) is 6.10 Å². The molecule has 1 N–H and O–H groups in total. The molecule has 1 saturated carbocycles. The van der Waals surface area contributed by atoms with Crippen LogP contribution in [0.1, 0.15) is 25.3 Å². The van der Waals surface area contributed by atoms with E-state index in [4.69, 9.17) is 0 Å². The van der Waals surface area contributed by atoms with E-state index in [1.807, 2.05) is 6.07 Å². The highest BCUT2D eigenvalue weighted by molar-refractivity contribution is 5.25. The monoisotopic (exact) mass is 176 g/mol. The van der Waals surface area contributed by atoms with Crippen molar-refractivity contribution in [3.05, 3.63) is 35.9 Å². The van der Waals surface area contributed by atoms with Gasteiger partial charge in [-0.3, -0.25) is 0 Å². The molecular weight excluding hydrogens is 160 g/mol. The fourth-order valence-electron chi connectivity index (χ4n) is 2.52. The number of aliphatic hydroxyl groups excluding tert-OH is 1. The first-order valence-corrected chi connectivity index (χ1v) is 4.95. The quantitative estimate of drug-likeness (QED) is 0.696. The molecule has 0 aromatic heterocycles. The summed E-state index contributed by atoms with van der Waals surface area (Å²) >= 11 is 0. The molecule has 0 spiro atoms. The zero-order chi connectivity index (χ0) is 9.42. The van der Waals surface area contributed by atoms with Crippen LogP contribution in [0.4, 0.5) is 0 Å². The zero-order valence-corrected chi connectivity index (χ0v) is 8.14. The molecule has 0 saturated heterocycles. The van der Waals surface area contributed by atoms with Crippen LogP contribution in [0.25, 0.3) is 0 Å². The van der Waals surface area contributed by atoms with E-state index in [1.165, 1.54) is 5.56 Å². The molecule has 1 aliphatic rings. The molecule has 0 amide bonds. The van der Waals surface area contributed by atoms with Gasteiger partial charge in [-0.15, -0.1) is 0 Å². The summed E-state index contributed by atoms with van der Waals surface area (Å²) < 4.78 is 0. The van der Waals surface area contributed by atoms with Crippen LogP contribution in [0, 0.1) is 11.8 Å². The van der Waals surface area contributed by atoms with Crippen molar-refractivity contribution < 1.29 is 5.11 Å². The summed E-state index contributed by atoms with van der Waals surface area (Å²) in [6.07, 6.45) is -0.106. The van der Waals surface area contributed by atoms with E-state index in [2.05, 4.69) is 38.1 Å². The Bertz CT molecular complexity index is 270. The molecule has 2 unspecified atom stereocenters. The Morgan fingerprint density at radius 1 is 1.00 bits per heavy atom. The van der Waals surface area contributed by atoms with E-state index in [1.54, 1.807) is 0 Å². The summed E-state index contributed by atoms with van der Waals surface area (Å²) in [6, 6.07) is 10.5. The molecule has 2 rings (SSSR count). The van der Waals surface area contributed by atoms with Crippen LogP contribution in [0.3, 0.4) is 0 Å². The van der Waals surface area contributed by atoms with Crippen LogP contribution in [0.15, 0.2) is 30.3 Å². The average Bonchev–Trinajstić information content (AvgIpc) is 2.19. The summed E-state index contributed by atoms with van der Waals surface area (Å²) in [4.78, 5) is 0. The Balaban J connectivity index is 2.20. The summed E-state index contributed by atoms with van der Waals surface area (Å²) in [5.74, 6) is 1.38. The van der Waals surface area contributed by atoms with E-state index < -0.39 is 0 Å². The third-order valence-corrected chi connectivity index (χ3v) is 3.39. The van der Waals surface area contributed by atoms with Crippen LogP contribution in [-0.2, 0) is 0 Å². The van der Waals surface area contributed by atoms with Crippen molar-refractivity contribution in [2.24, 2.45) is 11.8 Å². The van der Waals surface area contributed by atoms with Gasteiger partial charge in [0, 0.05) is 0 Å². The van der Waals surface area contributed by atoms with Crippen molar-refractivity contribution in [3.63, 3.8) is 0 Å². The summed E-state index contributed by atoms with van der Waals surface area (Å²) in [6.45, 7) is 4.25. The van der Waals surface area contributed by atoms with Crippen molar-refractivity contribution >= 4 is 0 Å². The second-order valence-corrected chi connectivity index (χ2v) is 4.15. The molecule has 0 bridgehead atoms. The van der Waals surface area contributed by atoms with Gasteiger partial charge in [-0.2, -0.15) is 0 Å². The first-order valence-electron chi connectivity index (χ1n) is 4.95. The molecule has 1 nitrogen and oxygen atoms in total. The fraction of sp³-hybridized carbons (Fsp3) is 0.500. The van der Waals surface area contributed by atoms with Gasteiger partial charge in [-0.25, -0.2) is 0 Å². The molecule has 1 heteroatoms. The lowest BCUT2D eigenvalue weighted by molar-refractivity contribution is -0.0474. The van der Waals surface area contributed by atoms with Crippen LogP contribution in [0.5, 0.6) is 0 Å². The third kappa shape index (κ3) is 1.28. The number of aliphatic hydroxyl groups is 1. The predicted octanol–water partition coefficient (Wildman–Crippen LogP) is 2.42. The van der Waals surface area contributed by atoms with Crippen LogP contribution in [0.2, 0.25) is 0 Å². The SMILES string of the molecule is CC1C(O)C(C)C1c1ccccc1. The maximum Gasteiger partial charge on any atom is 0.0603 e. The molecule has 1 fully saturated rings. The van der Waals surface area contributed by atoms with Gasteiger partial charge < -0.3 is 5.11 Å². The average molecular weight is 176 g/mol.